The highest BCUT2D eigenvalue weighted by molar-refractivity contribution is 5.78. The van der Waals surface area contributed by atoms with Gasteiger partial charge in [0.1, 0.15) is 6.26 Å². The molecule has 0 N–H and O–H groups in total. The van der Waals surface area contributed by atoms with E-state index in [2.05, 4.69) is 5.16 Å². The number of nitrogens with zero attached hydrogens (tertiary/aromatic N) is 2. The highest BCUT2D eigenvalue weighted by Crippen LogP contribution is 2.18. The van der Waals surface area contributed by atoms with Crippen molar-refractivity contribution in [1.29, 1.82) is 0 Å². The standard InChI is InChI=1S/C10H14N2O2/c1-7(2)10(13)12-4-3-9-8(5-12)6-14-11-9/h6-7H,3-5H2,1-2H3. The zero-order chi connectivity index (χ0) is 10.1. The van der Waals surface area contributed by atoms with E-state index in [-0.39, 0.29) is 11.8 Å². The first-order valence-corrected chi connectivity index (χ1v) is 4.89. The van der Waals surface area contributed by atoms with Gasteiger partial charge in [-0.15, -0.1) is 0 Å². The predicted molar refractivity (Wildman–Crippen MR) is 50.5 cm³/mol. The molecule has 0 saturated carbocycles. The second-order valence-electron chi connectivity index (χ2n) is 3.95. The lowest BCUT2D eigenvalue weighted by Gasteiger charge is -2.27. The van der Waals surface area contributed by atoms with Gasteiger partial charge in [0.15, 0.2) is 0 Å². The van der Waals surface area contributed by atoms with E-state index < -0.39 is 0 Å². The number of hydrogen-bond acceptors (Lipinski definition) is 3. The van der Waals surface area contributed by atoms with Gasteiger partial charge in [-0.05, 0) is 0 Å². The zero-order valence-corrected chi connectivity index (χ0v) is 8.49. The summed E-state index contributed by atoms with van der Waals surface area (Å²) in [5.74, 6) is 0.272. The minimum absolute atomic E-state index is 0.0661. The lowest BCUT2D eigenvalue weighted by Crippen LogP contribution is -2.38. The molecule has 0 unspecified atom stereocenters. The van der Waals surface area contributed by atoms with Gasteiger partial charge in [-0.1, -0.05) is 19.0 Å². The van der Waals surface area contributed by atoms with Crippen molar-refractivity contribution in [2.75, 3.05) is 6.54 Å². The van der Waals surface area contributed by atoms with Gasteiger partial charge in [0.2, 0.25) is 5.91 Å². The van der Waals surface area contributed by atoms with Crippen LogP contribution < -0.4 is 0 Å². The molecule has 1 aliphatic rings. The van der Waals surface area contributed by atoms with E-state index in [0.717, 1.165) is 24.2 Å². The van der Waals surface area contributed by atoms with Crippen LogP contribution in [0.4, 0.5) is 0 Å². The van der Waals surface area contributed by atoms with Gasteiger partial charge in [0, 0.05) is 24.4 Å². The first kappa shape index (κ1) is 9.24. The average molecular weight is 194 g/mol. The lowest BCUT2D eigenvalue weighted by atomic mass is 10.1. The van der Waals surface area contributed by atoms with Gasteiger partial charge in [-0.25, -0.2) is 0 Å². The molecule has 0 aromatic carbocycles. The molecule has 0 spiro atoms. The number of hydrogen-bond donors (Lipinski definition) is 0. The van der Waals surface area contributed by atoms with Crippen LogP contribution in [0.1, 0.15) is 25.1 Å². The minimum Gasteiger partial charge on any atom is -0.364 e. The number of fused-ring (bicyclic) bond motifs is 1. The van der Waals surface area contributed by atoms with Crippen molar-refractivity contribution in [3.8, 4) is 0 Å². The third kappa shape index (κ3) is 1.52. The van der Waals surface area contributed by atoms with E-state index in [1.165, 1.54) is 0 Å². The maximum absolute atomic E-state index is 11.7. The molecule has 4 heteroatoms. The molecule has 2 rings (SSSR count). The van der Waals surface area contributed by atoms with Crippen LogP contribution in [0.3, 0.4) is 0 Å². The van der Waals surface area contributed by atoms with Crippen LogP contribution in [0.15, 0.2) is 10.8 Å². The van der Waals surface area contributed by atoms with Crippen molar-refractivity contribution in [3.63, 3.8) is 0 Å². The van der Waals surface area contributed by atoms with E-state index in [0.29, 0.717) is 6.54 Å². The molecule has 4 nitrogen and oxygen atoms in total. The fraction of sp³-hybridized carbons (Fsp3) is 0.600. The molecule has 0 saturated heterocycles. The van der Waals surface area contributed by atoms with Crippen molar-refractivity contribution >= 4 is 5.91 Å². The van der Waals surface area contributed by atoms with Crippen LogP contribution in [-0.4, -0.2) is 22.5 Å². The summed E-state index contributed by atoms with van der Waals surface area (Å²) in [4.78, 5) is 13.6. The average Bonchev–Trinajstić information content (AvgIpc) is 2.62. The Bertz CT molecular complexity index is 344. The molecular formula is C10H14N2O2. The van der Waals surface area contributed by atoms with Crippen LogP contribution in [-0.2, 0) is 17.8 Å². The predicted octanol–water partition coefficient (Wildman–Crippen LogP) is 1.22. The minimum atomic E-state index is 0.0661. The Kier molecular flexibility index (Phi) is 2.27. The van der Waals surface area contributed by atoms with Crippen molar-refractivity contribution in [2.24, 2.45) is 5.92 Å². The van der Waals surface area contributed by atoms with Crippen LogP contribution in [0.25, 0.3) is 0 Å². The molecule has 1 amide bonds. The number of aromatic nitrogens is 1. The third-order valence-electron chi connectivity index (χ3n) is 2.51. The normalized spacial score (nSPS) is 15.8. The highest BCUT2D eigenvalue weighted by atomic mass is 16.5. The van der Waals surface area contributed by atoms with Crippen LogP contribution in [0, 0.1) is 5.92 Å². The fourth-order valence-corrected chi connectivity index (χ4v) is 1.69. The van der Waals surface area contributed by atoms with E-state index in [1.807, 2.05) is 18.7 Å². The number of amides is 1. The largest absolute Gasteiger partial charge is 0.364 e. The Labute approximate surface area is 82.9 Å². The molecule has 2 heterocycles. The van der Waals surface area contributed by atoms with Crippen molar-refractivity contribution in [1.82, 2.24) is 10.1 Å². The maximum atomic E-state index is 11.7. The van der Waals surface area contributed by atoms with Crippen LogP contribution in [0.5, 0.6) is 0 Å². The monoisotopic (exact) mass is 194 g/mol. The Morgan fingerprint density at radius 1 is 1.64 bits per heavy atom. The quantitative estimate of drug-likeness (QED) is 0.675. The molecule has 14 heavy (non-hydrogen) atoms. The number of rotatable bonds is 1. The molecule has 0 fully saturated rings. The molecule has 0 atom stereocenters. The lowest BCUT2D eigenvalue weighted by molar-refractivity contribution is -0.135. The number of carbonyl (C=O) groups is 1. The van der Waals surface area contributed by atoms with E-state index in [9.17, 15) is 4.79 Å². The highest BCUT2D eigenvalue weighted by Gasteiger charge is 2.24. The molecule has 1 aromatic rings. The van der Waals surface area contributed by atoms with E-state index >= 15 is 0 Å². The van der Waals surface area contributed by atoms with Crippen LogP contribution >= 0.6 is 0 Å². The van der Waals surface area contributed by atoms with Crippen LogP contribution in [0.2, 0.25) is 0 Å². The summed E-state index contributed by atoms with van der Waals surface area (Å²) < 4.78 is 4.87. The summed E-state index contributed by atoms with van der Waals surface area (Å²) in [5.41, 5.74) is 2.04. The molecular weight excluding hydrogens is 180 g/mol. The summed E-state index contributed by atoms with van der Waals surface area (Å²) in [6.07, 6.45) is 2.44. The van der Waals surface area contributed by atoms with Gasteiger partial charge in [-0.2, -0.15) is 0 Å². The molecule has 76 valence electrons. The van der Waals surface area contributed by atoms with Crippen molar-refractivity contribution < 1.29 is 9.32 Å². The summed E-state index contributed by atoms with van der Waals surface area (Å²) in [5, 5.41) is 3.88. The van der Waals surface area contributed by atoms with Gasteiger partial charge >= 0.3 is 0 Å². The summed E-state index contributed by atoms with van der Waals surface area (Å²) in [6.45, 7) is 5.25. The topological polar surface area (TPSA) is 46.3 Å². The van der Waals surface area contributed by atoms with E-state index in [4.69, 9.17) is 4.52 Å². The van der Waals surface area contributed by atoms with Crippen molar-refractivity contribution in [2.45, 2.75) is 26.8 Å². The van der Waals surface area contributed by atoms with Gasteiger partial charge in [0.25, 0.3) is 0 Å². The SMILES string of the molecule is CC(C)C(=O)N1CCc2nocc2C1. The maximum Gasteiger partial charge on any atom is 0.225 e. The Hall–Kier alpha value is -1.32. The Balaban J connectivity index is 2.11. The van der Waals surface area contributed by atoms with Gasteiger partial charge in [0.05, 0.1) is 12.2 Å². The Morgan fingerprint density at radius 3 is 3.14 bits per heavy atom. The zero-order valence-electron chi connectivity index (χ0n) is 8.49. The first-order valence-electron chi connectivity index (χ1n) is 4.89. The third-order valence-corrected chi connectivity index (χ3v) is 2.51. The molecule has 0 bridgehead atoms. The van der Waals surface area contributed by atoms with Crippen molar-refractivity contribution in [3.05, 3.63) is 17.5 Å². The molecule has 1 aromatic heterocycles. The second-order valence-corrected chi connectivity index (χ2v) is 3.95. The smallest absolute Gasteiger partial charge is 0.225 e. The fourth-order valence-electron chi connectivity index (χ4n) is 1.69. The molecule has 1 aliphatic heterocycles. The summed E-state index contributed by atoms with van der Waals surface area (Å²) in [7, 11) is 0. The van der Waals surface area contributed by atoms with Gasteiger partial charge in [-0.3, -0.25) is 4.79 Å². The summed E-state index contributed by atoms with van der Waals surface area (Å²) >= 11 is 0. The first-order chi connectivity index (χ1) is 6.68. The molecule has 0 aliphatic carbocycles. The number of carbonyl (C=O) groups excluding carboxylic acids is 1. The Morgan fingerprint density at radius 2 is 2.43 bits per heavy atom. The summed E-state index contributed by atoms with van der Waals surface area (Å²) in [6, 6.07) is 0. The van der Waals surface area contributed by atoms with Gasteiger partial charge < -0.3 is 9.42 Å². The van der Waals surface area contributed by atoms with E-state index in [1.54, 1.807) is 6.26 Å². The second kappa shape index (κ2) is 3.44. The molecule has 0 radical (unpaired) electrons.